The molecular formula is C19H28N2O2. The lowest BCUT2D eigenvalue weighted by Gasteiger charge is -2.31. The number of piperidine rings is 1. The van der Waals surface area contributed by atoms with Crippen molar-refractivity contribution in [1.82, 2.24) is 4.90 Å². The van der Waals surface area contributed by atoms with E-state index in [1.807, 2.05) is 29.2 Å². The van der Waals surface area contributed by atoms with Crippen LogP contribution in [-0.4, -0.2) is 29.8 Å². The summed E-state index contributed by atoms with van der Waals surface area (Å²) in [4.78, 5) is 26.4. The van der Waals surface area contributed by atoms with Gasteiger partial charge >= 0.3 is 0 Å². The van der Waals surface area contributed by atoms with Gasteiger partial charge in [0, 0.05) is 18.8 Å². The Hall–Kier alpha value is -1.84. The number of rotatable bonds is 3. The SMILES string of the molecule is CC1CCCN(C(=O)CC(=O)Nc2ccccc2C(C)(C)C)C1. The molecule has 1 unspecified atom stereocenters. The summed E-state index contributed by atoms with van der Waals surface area (Å²) in [5, 5.41) is 2.91. The maximum absolute atomic E-state index is 12.3. The first kappa shape index (κ1) is 17.5. The van der Waals surface area contributed by atoms with E-state index >= 15 is 0 Å². The maximum atomic E-state index is 12.3. The summed E-state index contributed by atoms with van der Waals surface area (Å²) in [6.45, 7) is 10.0. The average molecular weight is 316 g/mol. The van der Waals surface area contributed by atoms with Gasteiger partial charge in [0.25, 0.3) is 0 Å². The third kappa shape index (κ3) is 4.81. The van der Waals surface area contributed by atoms with Crippen LogP contribution in [0.2, 0.25) is 0 Å². The van der Waals surface area contributed by atoms with Crippen molar-refractivity contribution in [3.63, 3.8) is 0 Å². The minimum absolute atomic E-state index is 0.0593. The van der Waals surface area contributed by atoms with E-state index in [2.05, 4.69) is 33.0 Å². The summed E-state index contributed by atoms with van der Waals surface area (Å²) in [6.07, 6.45) is 2.11. The Kier molecular flexibility index (Phi) is 5.45. The van der Waals surface area contributed by atoms with Crippen LogP contribution in [0.1, 0.15) is 52.5 Å². The van der Waals surface area contributed by atoms with Gasteiger partial charge in [0.05, 0.1) is 0 Å². The van der Waals surface area contributed by atoms with Gasteiger partial charge in [-0.1, -0.05) is 45.9 Å². The molecule has 23 heavy (non-hydrogen) atoms. The first-order valence-corrected chi connectivity index (χ1v) is 8.44. The van der Waals surface area contributed by atoms with Gasteiger partial charge in [-0.25, -0.2) is 0 Å². The monoisotopic (exact) mass is 316 g/mol. The van der Waals surface area contributed by atoms with Crippen LogP contribution in [0, 0.1) is 5.92 Å². The van der Waals surface area contributed by atoms with Crippen LogP contribution in [0.15, 0.2) is 24.3 Å². The number of anilines is 1. The molecule has 0 spiro atoms. The highest BCUT2D eigenvalue weighted by Gasteiger charge is 2.24. The molecule has 0 radical (unpaired) electrons. The van der Waals surface area contributed by atoms with Crippen LogP contribution in [0.5, 0.6) is 0 Å². The molecular weight excluding hydrogens is 288 g/mol. The molecule has 1 aliphatic rings. The summed E-state index contributed by atoms with van der Waals surface area (Å²) >= 11 is 0. The zero-order chi connectivity index (χ0) is 17.0. The van der Waals surface area contributed by atoms with Gasteiger partial charge in [-0.2, -0.15) is 0 Å². The van der Waals surface area contributed by atoms with Gasteiger partial charge in [0.15, 0.2) is 0 Å². The fourth-order valence-corrected chi connectivity index (χ4v) is 3.11. The van der Waals surface area contributed by atoms with Gasteiger partial charge in [-0.05, 0) is 35.8 Å². The molecule has 1 atom stereocenters. The third-order valence-corrected chi connectivity index (χ3v) is 4.33. The normalized spacial score (nSPS) is 18.6. The third-order valence-electron chi connectivity index (χ3n) is 4.33. The van der Waals surface area contributed by atoms with Crippen LogP contribution >= 0.6 is 0 Å². The molecule has 0 aromatic heterocycles. The number of carbonyl (C=O) groups is 2. The highest BCUT2D eigenvalue weighted by atomic mass is 16.2. The molecule has 1 aromatic rings. The molecule has 4 heteroatoms. The minimum atomic E-state index is -0.232. The van der Waals surface area contributed by atoms with E-state index in [4.69, 9.17) is 0 Å². The number of hydrogen-bond donors (Lipinski definition) is 1. The number of para-hydroxylation sites is 1. The smallest absolute Gasteiger partial charge is 0.233 e. The molecule has 1 saturated heterocycles. The number of carbonyl (C=O) groups excluding carboxylic acids is 2. The summed E-state index contributed by atoms with van der Waals surface area (Å²) in [5.41, 5.74) is 1.81. The van der Waals surface area contributed by atoms with E-state index in [0.29, 0.717) is 5.92 Å². The summed E-state index contributed by atoms with van der Waals surface area (Å²) in [5.74, 6) is 0.226. The zero-order valence-corrected chi connectivity index (χ0v) is 14.7. The molecule has 1 fully saturated rings. The van der Waals surface area contributed by atoms with E-state index in [1.165, 1.54) is 0 Å². The molecule has 2 rings (SSSR count). The number of likely N-dealkylation sites (tertiary alicyclic amines) is 1. The molecule has 0 bridgehead atoms. The van der Waals surface area contributed by atoms with Crippen LogP contribution in [0.3, 0.4) is 0 Å². The Labute approximate surface area is 139 Å². The highest BCUT2D eigenvalue weighted by molar-refractivity contribution is 6.04. The summed E-state index contributed by atoms with van der Waals surface area (Å²) in [6, 6.07) is 7.78. The second-order valence-corrected chi connectivity index (χ2v) is 7.61. The van der Waals surface area contributed by atoms with Gasteiger partial charge in [0.1, 0.15) is 6.42 Å². The fraction of sp³-hybridized carbons (Fsp3) is 0.579. The van der Waals surface area contributed by atoms with Crippen LogP contribution in [0.25, 0.3) is 0 Å². The lowest BCUT2D eigenvalue weighted by molar-refractivity contribution is -0.136. The topological polar surface area (TPSA) is 49.4 Å². The highest BCUT2D eigenvalue weighted by Crippen LogP contribution is 2.29. The first-order chi connectivity index (χ1) is 10.8. The summed E-state index contributed by atoms with van der Waals surface area (Å²) in [7, 11) is 0. The van der Waals surface area contributed by atoms with E-state index < -0.39 is 0 Å². The molecule has 2 amide bonds. The van der Waals surface area contributed by atoms with Gasteiger partial charge < -0.3 is 10.2 Å². The lowest BCUT2D eigenvalue weighted by atomic mass is 9.86. The Morgan fingerprint density at radius 3 is 2.61 bits per heavy atom. The quantitative estimate of drug-likeness (QED) is 0.867. The standard InChI is InChI=1S/C19H28N2O2/c1-14-8-7-11-21(13-14)18(23)12-17(22)20-16-10-6-5-9-15(16)19(2,3)4/h5-6,9-10,14H,7-8,11-13H2,1-4H3,(H,20,22). The Morgan fingerprint density at radius 2 is 1.96 bits per heavy atom. The molecule has 1 aromatic carbocycles. The Bertz CT molecular complexity index is 575. The molecule has 1 N–H and O–H groups in total. The maximum Gasteiger partial charge on any atom is 0.233 e. The molecule has 4 nitrogen and oxygen atoms in total. The first-order valence-electron chi connectivity index (χ1n) is 8.44. The number of nitrogens with one attached hydrogen (secondary N) is 1. The lowest BCUT2D eigenvalue weighted by Crippen LogP contribution is -2.40. The van der Waals surface area contributed by atoms with E-state index in [1.54, 1.807) is 0 Å². The number of nitrogens with zero attached hydrogens (tertiary/aromatic N) is 1. The second kappa shape index (κ2) is 7.16. The van der Waals surface area contributed by atoms with E-state index in [-0.39, 0.29) is 23.7 Å². The van der Waals surface area contributed by atoms with Crippen molar-refractivity contribution >= 4 is 17.5 Å². The van der Waals surface area contributed by atoms with Gasteiger partial charge in [-0.15, -0.1) is 0 Å². The van der Waals surface area contributed by atoms with Gasteiger partial charge in [0.2, 0.25) is 11.8 Å². The van der Waals surface area contributed by atoms with E-state index in [9.17, 15) is 9.59 Å². The van der Waals surface area contributed by atoms with Crippen LogP contribution in [-0.2, 0) is 15.0 Å². The number of hydrogen-bond acceptors (Lipinski definition) is 2. The van der Waals surface area contributed by atoms with Crippen molar-refractivity contribution in [2.24, 2.45) is 5.92 Å². The largest absolute Gasteiger partial charge is 0.342 e. The second-order valence-electron chi connectivity index (χ2n) is 7.61. The van der Waals surface area contributed by atoms with Crippen molar-refractivity contribution < 1.29 is 9.59 Å². The number of amides is 2. The molecule has 1 aliphatic heterocycles. The molecule has 1 heterocycles. The van der Waals surface area contributed by atoms with Crippen molar-refractivity contribution in [2.45, 2.75) is 52.4 Å². The van der Waals surface area contributed by atoms with Crippen LogP contribution < -0.4 is 5.32 Å². The van der Waals surface area contributed by atoms with Crippen molar-refractivity contribution in [3.8, 4) is 0 Å². The van der Waals surface area contributed by atoms with Gasteiger partial charge in [-0.3, -0.25) is 9.59 Å². The minimum Gasteiger partial charge on any atom is -0.342 e. The van der Waals surface area contributed by atoms with Crippen molar-refractivity contribution in [2.75, 3.05) is 18.4 Å². The fourth-order valence-electron chi connectivity index (χ4n) is 3.11. The zero-order valence-electron chi connectivity index (χ0n) is 14.7. The number of benzene rings is 1. The van der Waals surface area contributed by atoms with Crippen molar-refractivity contribution in [1.29, 1.82) is 0 Å². The molecule has 0 aliphatic carbocycles. The molecule has 126 valence electrons. The molecule has 0 saturated carbocycles. The Morgan fingerprint density at radius 1 is 1.26 bits per heavy atom. The average Bonchev–Trinajstić information content (AvgIpc) is 2.46. The Balaban J connectivity index is 1.99. The van der Waals surface area contributed by atoms with E-state index in [0.717, 1.165) is 37.2 Å². The summed E-state index contributed by atoms with van der Waals surface area (Å²) < 4.78 is 0. The predicted octanol–water partition coefficient (Wildman–Crippen LogP) is 3.57. The van der Waals surface area contributed by atoms with Crippen molar-refractivity contribution in [3.05, 3.63) is 29.8 Å². The van der Waals surface area contributed by atoms with Crippen LogP contribution in [0.4, 0.5) is 5.69 Å². The predicted molar refractivity (Wildman–Crippen MR) is 93.4 cm³/mol.